The minimum absolute atomic E-state index is 0.108. The Morgan fingerprint density at radius 3 is 3.10 bits per heavy atom. The van der Waals surface area contributed by atoms with Crippen LogP contribution >= 0.6 is 0 Å². The predicted octanol–water partition coefficient (Wildman–Crippen LogP) is 2.53. The zero-order chi connectivity index (χ0) is 14.9. The Labute approximate surface area is 124 Å². The Hall–Kier alpha value is -1.82. The monoisotopic (exact) mass is 289 g/mol. The number of aromatic nitrogens is 3. The number of ether oxygens (including phenoxy) is 1. The molecule has 2 unspecified atom stereocenters. The van der Waals surface area contributed by atoms with Gasteiger partial charge in [-0.05, 0) is 26.7 Å². The average Bonchev–Trinajstić information content (AvgIpc) is 3.04. The molecule has 2 aromatic heterocycles. The standard InChI is InChI=1S/C15H23N5O/c1-4-6-16-12-10-20-8-7-17-14(20)13(18-12)19-15(3)5-9-21-11(15)2/h7-8,10-11,16H,4-6,9H2,1-3H3,(H,18,19). The maximum Gasteiger partial charge on any atom is 0.180 e. The third-order valence-corrected chi connectivity index (χ3v) is 4.22. The van der Waals surface area contributed by atoms with Gasteiger partial charge >= 0.3 is 0 Å². The molecule has 2 aromatic rings. The molecule has 0 spiro atoms. The molecular weight excluding hydrogens is 266 g/mol. The van der Waals surface area contributed by atoms with Gasteiger partial charge in [-0.2, -0.15) is 0 Å². The first-order chi connectivity index (χ1) is 10.1. The van der Waals surface area contributed by atoms with E-state index in [1.165, 1.54) is 0 Å². The lowest BCUT2D eigenvalue weighted by molar-refractivity contribution is 0.105. The molecule has 3 heterocycles. The first kappa shape index (κ1) is 14.1. The third kappa shape index (κ3) is 2.68. The van der Waals surface area contributed by atoms with Crippen molar-refractivity contribution in [1.29, 1.82) is 0 Å². The maximum absolute atomic E-state index is 5.70. The molecule has 6 nitrogen and oxygen atoms in total. The Morgan fingerprint density at radius 2 is 2.38 bits per heavy atom. The summed E-state index contributed by atoms with van der Waals surface area (Å²) in [7, 11) is 0. The highest BCUT2D eigenvalue weighted by atomic mass is 16.5. The molecule has 1 fully saturated rings. The normalized spacial score (nSPS) is 25.4. The van der Waals surface area contributed by atoms with Crippen LogP contribution in [0.1, 0.15) is 33.6 Å². The smallest absolute Gasteiger partial charge is 0.180 e. The zero-order valence-corrected chi connectivity index (χ0v) is 12.9. The van der Waals surface area contributed by atoms with Gasteiger partial charge in [0, 0.05) is 25.5 Å². The van der Waals surface area contributed by atoms with Gasteiger partial charge in [-0.15, -0.1) is 0 Å². The number of nitrogens with one attached hydrogen (secondary N) is 2. The number of anilines is 2. The summed E-state index contributed by atoms with van der Waals surface area (Å²) >= 11 is 0. The fourth-order valence-corrected chi connectivity index (χ4v) is 2.62. The van der Waals surface area contributed by atoms with Gasteiger partial charge in [-0.3, -0.25) is 0 Å². The van der Waals surface area contributed by atoms with Crippen molar-refractivity contribution in [2.24, 2.45) is 0 Å². The quantitative estimate of drug-likeness (QED) is 0.885. The van der Waals surface area contributed by atoms with Crippen molar-refractivity contribution >= 4 is 17.3 Å². The van der Waals surface area contributed by atoms with Crippen LogP contribution in [0.2, 0.25) is 0 Å². The van der Waals surface area contributed by atoms with E-state index in [9.17, 15) is 0 Å². The molecule has 21 heavy (non-hydrogen) atoms. The van der Waals surface area contributed by atoms with Gasteiger partial charge in [-0.25, -0.2) is 9.97 Å². The summed E-state index contributed by atoms with van der Waals surface area (Å²) in [6, 6.07) is 0. The fraction of sp³-hybridized carbons (Fsp3) is 0.600. The molecule has 1 aliphatic rings. The molecule has 114 valence electrons. The molecule has 2 N–H and O–H groups in total. The second kappa shape index (κ2) is 5.52. The van der Waals surface area contributed by atoms with E-state index in [2.05, 4.69) is 36.4 Å². The first-order valence-corrected chi connectivity index (χ1v) is 7.60. The lowest BCUT2D eigenvalue weighted by Gasteiger charge is -2.29. The molecule has 0 aromatic carbocycles. The maximum atomic E-state index is 5.70. The summed E-state index contributed by atoms with van der Waals surface area (Å²) in [4.78, 5) is 9.10. The van der Waals surface area contributed by atoms with Crippen LogP contribution < -0.4 is 10.6 Å². The van der Waals surface area contributed by atoms with Crippen LogP contribution in [0.15, 0.2) is 18.6 Å². The largest absolute Gasteiger partial charge is 0.376 e. The molecule has 6 heteroatoms. The van der Waals surface area contributed by atoms with Crippen molar-refractivity contribution in [1.82, 2.24) is 14.4 Å². The van der Waals surface area contributed by atoms with Gasteiger partial charge in [-0.1, -0.05) is 6.92 Å². The highest BCUT2D eigenvalue weighted by Crippen LogP contribution is 2.30. The van der Waals surface area contributed by atoms with Crippen LogP contribution in [0.4, 0.5) is 11.6 Å². The van der Waals surface area contributed by atoms with Crippen molar-refractivity contribution in [3.63, 3.8) is 0 Å². The molecule has 0 aliphatic carbocycles. The zero-order valence-electron chi connectivity index (χ0n) is 12.9. The van der Waals surface area contributed by atoms with E-state index < -0.39 is 0 Å². The number of hydrogen-bond acceptors (Lipinski definition) is 5. The minimum Gasteiger partial charge on any atom is -0.376 e. The van der Waals surface area contributed by atoms with Gasteiger partial charge in [0.25, 0.3) is 0 Å². The Balaban J connectivity index is 1.94. The van der Waals surface area contributed by atoms with Gasteiger partial charge in [0.05, 0.1) is 17.8 Å². The second-order valence-corrected chi connectivity index (χ2v) is 5.87. The van der Waals surface area contributed by atoms with Crippen LogP contribution in [0, 0.1) is 0 Å². The molecule has 0 amide bonds. The average molecular weight is 289 g/mol. The summed E-state index contributed by atoms with van der Waals surface area (Å²) in [6.45, 7) is 8.10. The minimum atomic E-state index is -0.108. The summed E-state index contributed by atoms with van der Waals surface area (Å²) < 4.78 is 7.69. The van der Waals surface area contributed by atoms with E-state index in [1.807, 2.05) is 16.8 Å². The fourth-order valence-electron chi connectivity index (χ4n) is 2.62. The van der Waals surface area contributed by atoms with Crippen molar-refractivity contribution < 1.29 is 4.74 Å². The van der Waals surface area contributed by atoms with Crippen molar-refractivity contribution in [3.8, 4) is 0 Å². The number of nitrogens with zero attached hydrogens (tertiary/aromatic N) is 3. The predicted molar refractivity (Wildman–Crippen MR) is 83.8 cm³/mol. The van der Waals surface area contributed by atoms with Crippen molar-refractivity contribution in [3.05, 3.63) is 18.6 Å². The van der Waals surface area contributed by atoms with E-state index in [0.29, 0.717) is 0 Å². The van der Waals surface area contributed by atoms with Gasteiger partial charge in [0.1, 0.15) is 5.82 Å². The lowest BCUT2D eigenvalue weighted by atomic mass is 9.95. The van der Waals surface area contributed by atoms with Gasteiger partial charge in [0.2, 0.25) is 0 Å². The number of rotatable bonds is 5. The summed E-state index contributed by atoms with van der Waals surface area (Å²) in [5.41, 5.74) is 0.736. The second-order valence-electron chi connectivity index (χ2n) is 5.87. The lowest BCUT2D eigenvalue weighted by Crippen LogP contribution is -2.41. The first-order valence-electron chi connectivity index (χ1n) is 7.60. The van der Waals surface area contributed by atoms with Gasteiger partial charge < -0.3 is 19.8 Å². The van der Waals surface area contributed by atoms with Crippen LogP contribution in [0.3, 0.4) is 0 Å². The van der Waals surface area contributed by atoms with Crippen LogP contribution in [-0.2, 0) is 4.74 Å². The molecule has 0 bridgehead atoms. The Bertz CT molecular complexity index is 626. The van der Waals surface area contributed by atoms with E-state index >= 15 is 0 Å². The highest BCUT2D eigenvalue weighted by Gasteiger charge is 2.37. The topological polar surface area (TPSA) is 63.5 Å². The molecule has 2 atom stereocenters. The third-order valence-electron chi connectivity index (χ3n) is 4.22. The van der Waals surface area contributed by atoms with Crippen molar-refractivity contribution in [2.75, 3.05) is 23.8 Å². The van der Waals surface area contributed by atoms with Crippen LogP contribution in [0.5, 0.6) is 0 Å². The SMILES string of the molecule is CCCNc1cn2ccnc2c(NC2(C)CCOC2C)n1. The summed E-state index contributed by atoms with van der Waals surface area (Å²) in [5, 5.41) is 6.89. The van der Waals surface area contributed by atoms with E-state index in [0.717, 1.165) is 43.3 Å². The summed E-state index contributed by atoms with van der Waals surface area (Å²) in [5.74, 6) is 1.67. The molecule has 0 radical (unpaired) electrons. The van der Waals surface area contributed by atoms with Crippen LogP contribution in [-0.4, -0.2) is 39.2 Å². The Morgan fingerprint density at radius 1 is 1.52 bits per heavy atom. The van der Waals surface area contributed by atoms with E-state index in [4.69, 9.17) is 9.72 Å². The van der Waals surface area contributed by atoms with E-state index in [-0.39, 0.29) is 11.6 Å². The van der Waals surface area contributed by atoms with Gasteiger partial charge in [0.15, 0.2) is 11.5 Å². The van der Waals surface area contributed by atoms with E-state index in [1.54, 1.807) is 6.20 Å². The number of fused-ring (bicyclic) bond motifs is 1. The number of hydrogen-bond donors (Lipinski definition) is 2. The Kier molecular flexibility index (Phi) is 3.71. The van der Waals surface area contributed by atoms with Crippen molar-refractivity contribution in [2.45, 2.75) is 45.3 Å². The molecule has 0 saturated carbocycles. The molecule has 1 saturated heterocycles. The molecular formula is C15H23N5O. The number of imidazole rings is 1. The molecule has 3 rings (SSSR count). The van der Waals surface area contributed by atoms with Crippen LogP contribution in [0.25, 0.3) is 5.65 Å². The summed E-state index contributed by atoms with van der Waals surface area (Å²) in [6.07, 6.45) is 7.89. The highest BCUT2D eigenvalue weighted by molar-refractivity contribution is 5.66. The molecule has 1 aliphatic heterocycles.